The fourth-order valence-corrected chi connectivity index (χ4v) is 3.73. The molecule has 1 N–H and O–H groups in total. The number of nitrogens with one attached hydrogen (secondary N) is 1. The Balaban J connectivity index is 1.71. The van der Waals surface area contributed by atoms with E-state index in [2.05, 4.69) is 5.32 Å². The molecule has 30 heavy (non-hydrogen) atoms. The number of aryl methyl sites for hydroxylation is 2. The van der Waals surface area contributed by atoms with Crippen LogP contribution in [0.25, 0.3) is 0 Å². The van der Waals surface area contributed by atoms with E-state index in [1.54, 1.807) is 4.90 Å². The molecule has 0 aromatic heterocycles. The molecule has 160 valence electrons. The Morgan fingerprint density at radius 1 is 1.13 bits per heavy atom. The second kappa shape index (κ2) is 8.33. The van der Waals surface area contributed by atoms with E-state index < -0.39 is 22.4 Å². The van der Waals surface area contributed by atoms with Gasteiger partial charge in [0.25, 0.3) is 5.69 Å². The number of para-hydroxylation sites is 1. The van der Waals surface area contributed by atoms with Crippen molar-refractivity contribution < 1.29 is 22.9 Å². The highest BCUT2D eigenvalue weighted by Gasteiger charge is 2.35. The third-order valence-corrected chi connectivity index (χ3v) is 5.44. The van der Waals surface area contributed by atoms with E-state index in [4.69, 9.17) is 0 Å². The van der Waals surface area contributed by atoms with Crippen molar-refractivity contribution in [2.24, 2.45) is 5.92 Å². The lowest BCUT2D eigenvalue weighted by Crippen LogP contribution is -2.38. The van der Waals surface area contributed by atoms with Crippen LogP contribution in [0.5, 0.6) is 0 Å². The molecule has 1 aliphatic heterocycles. The lowest BCUT2D eigenvalue weighted by Gasteiger charge is -2.33. The molecule has 1 fully saturated rings. The Hall–Kier alpha value is -3.10. The first-order valence-electron chi connectivity index (χ1n) is 9.55. The Morgan fingerprint density at radius 3 is 2.27 bits per heavy atom. The molecule has 2 aromatic rings. The quantitative estimate of drug-likeness (QED) is 0.551. The average Bonchev–Trinajstić information content (AvgIpc) is 2.69. The summed E-state index contributed by atoms with van der Waals surface area (Å²) in [5.41, 5.74) is 1.20. The van der Waals surface area contributed by atoms with Gasteiger partial charge in [-0.2, -0.15) is 13.2 Å². The largest absolute Gasteiger partial charge is 0.416 e. The highest BCUT2D eigenvalue weighted by Crippen LogP contribution is 2.37. The number of rotatable bonds is 4. The highest BCUT2D eigenvalue weighted by atomic mass is 19.4. The fourth-order valence-electron chi connectivity index (χ4n) is 3.73. The number of benzene rings is 2. The van der Waals surface area contributed by atoms with Crippen molar-refractivity contribution in [2.45, 2.75) is 32.9 Å². The zero-order valence-electron chi connectivity index (χ0n) is 16.6. The first kappa shape index (κ1) is 21.6. The van der Waals surface area contributed by atoms with Crippen LogP contribution >= 0.6 is 0 Å². The van der Waals surface area contributed by atoms with Crippen LogP contribution in [-0.2, 0) is 11.0 Å². The van der Waals surface area contributed by atoms with Crippen LogP contribution in [0.2, 0.25) is 0 Å². The maximum atomic E-state index is 12.9. The maximum absolute atomic E-state index is 12.9. The Morgan fingerprint density at radius 2 is 1.73 bits per heavy atom. The number of carbonyl (C=O) groups is 1. The standard InChI is InChI=1S/C21H22F3N3O3/c1-13-4-3-5-14(2)19(13)25-20(28)15-8-10-26(11-9-15)17-7-6-16(21(22,23)24)12-18(17)27(29)30/h3-7,12,15H,8-11H2,1-2H3,(H,25,28). The van der Waals surface area contributed by atoms with E-state index in [0.29, 0.717) is 32.0 Å². The van der Waals surface area contributed by atoms with Crippen molar-refractivity contribution in [1.82, 2.24) is 0 Å². The molecule has 0 bridgehead atoms. The summed E-state index contributed by atoms with van der Waals surface area (Å²) in [6.45, 7) is 4.51. The summed E-state index contributed by atoms with van der Waals surface area (Å²) in [4.78, 5) is 24.9. The summed E-state index contributed by atoms with van der Waals surface area (Å²) >= 11 is 0. The molecular formula is C21H22F3N3O3. The van der Waals surface area contributed by atoms with Crippen molar-refractivity contribution >= 4 is 23.0 Å². The van der Waals surface area contributed by atoms with E-state index in [9.17, 15) is 28.1 Å². The topological polar surface area (TPSA) is 75.5 Å². The summed E-state index contributed by atoms with van der Waals surface area (Å²) < 4.78 is 38.7. The minimum absolute atomic E-state index is 0.117. The van der Waals surface area contributed by atoms with Crippen LogP contribution in [0.4, 0.5) is 30.2 Å². The van der Waals surface area contributed by atoms with Crippen LogP contribution in [0.1, 0.15) is 29.5 Å². The molecule has 0 unspecified atom stereocenters. The van der Waals surface area contributed by atoms with E-state index >= 15 is 0 Å². The molecule has 1 heterocycles. The van der Waals surface area contributed by atoms with E-state index in [1.807, 2.05) is 32.0 Å². The number of piperidine rings is 1. The monoisotopic (exact) mass is 421 g/mol. The fraction of sp³-hybridized carbons (Fsp3) is 0.381. The number of halogens is 3. The van der Waals surface area contributed by atoms with E-state index in [0.717, 1.165) is 28.9 Å². The predicted molar refractivity (Wildman–Crippen MR) is 108 cm³/mol. The van der Waals surface area contributed by atoms with Crippen molar-refractivity contribution in [3.8, 4) is 0 Å². The molecule has 1 saturated heterocycles. The molecule has 0 spiro atoms. The van der Waals surface area contributed by atoms with Crippen molar-refractivity contribution in [1.29, 1.82) is 0 Å². The first-order chi connectivity index (χ1) is 14.1. The molecule has 0 aliphatic carbocycles. The number of hydrogen-bond donors (Lipinski definition) is 1. The van der Waals surface area contributed by atoms with Gasteiger partial charge in [0.1, 0.15) is 5.69 Å². The number of nitro benzene ring substituents is 1. The van der Waals surface area contributed by atoms with Gasteiger partial charge in [-0.1, -0.05) is 18.2 Å². The van der Waals surface area contributed by atoms with Gasteiger partial charge in [0.05, 0.1) is 10.5 Å². The number of amides is 1. The molecule has 2 aromatic carbocycles. The zero-order valence-corrected chi connectivity index (χ0v) is 16.6. The van der Waals surface area contributed by atoms with Crippen LogP contribution in [0.15, 0.2) is 36.4 Å². The molecular weight excluding hydrogens is 399 g/mol. The first-order valence-corrected chi connectivity index (χ1v) is 9.55. The third kappa shape index (κ3) is 4.55. The molecule has 1 amide bonds. The summed E-state index contributed by atoms with van der Waals surface area (Å²) in [5.74, 6) is -0.386. The number of carbonyl (C=O) groups excluding carboxylic acids is 1. The Bertz CT molecular complexity index is 947. The number of alkyl halides is 3. The molecule has 9 heteroatoms. The van der Waals surface area contributed by atoms with Crippen LogP contribution < -0.4 is 10.2 Å². The van der Waals surface area contributed by atoms with Gasteiger partial charge in [-0.25, -0.2) is 0 Å². The molecule has 0 radical (unpaired) electrons. The maximum Gasteiger partial charge on any atom is 0.416 e. The van der Waals surface area contributed by atoms with Crippen molar-refractivity contribution in [2.75, 3.05) is 23.3 Å². The third-order valence-electron chi connectivity index (χ3n) is 5.44. The van der Waals surface area contributed by atoms with Crippen molar-refractivity contribution in [3.05, 3.63) is 63.2 Å². The van der Waals surface area contributed by atoms with Gasteiger partial charge in [0.2, 0.25) is 5.91 Å². The summed E-state index contributed by atoms with van der Waals surface area (Å²) in [6.07, 6.45) is -3.74. The van der Waals surface area contributed by atoms with Gasteiger partial charge >= 0.3 is 6.18 Å². The number of hydrogen-bond acceptors (Lipinski definition) is 4. The van der Waals surface area contributed by atoms with Gasteiger partial charge in [-0.3, -0.25) is 14.9 Å². The minimum Gasteiger partial charge on any atom is -0.366 e. The Kier molecular flexibility index (Phi) is 6.00. The van der Waals surface area contributed by atoms with Gasteiger partial charge < -0.3 is 10.2 Å². The normalized spacial score (nSPS) is 15.2. The molecule has 3 rings (SSSR count). The predicted octanol–water partition coefficient (Wildman–Crippen LogP) is 5.09. The lowest BCUT2D eigenvalue weighted by molar-refractivity contribution is -0.384. The van der Waals surface area contributed by atoms with Gasteiger partial charge in [0.15, 0.2) is 0 Å². The summed E-state index contributed by atoms with van der Waals surface area (Å²) in [5, 5.41) is 14.3. The van der Waals surface area contributed by atoms with Gasteiger partial charge in [-0.15, -0.1) is 0 Å². The number of anilines is 2. The van der Waals surface area contributed by atoms with Crippen LogP contribution in [0.3, 0.4) is 0 Å². The summed E-state index contributed by atoms with van der Waals surface area (Å²) in [6, 6.07) is 8.29. The second-order valence-corrected chi connectivity index (χ2v) is 7.48. The van der Waals surface area contributed by atoms with E-state index in [1.165, 1.54) is 0 Å². The molecule has 0 atom stereocenters. The smallest absolute Gasteiger partial charge is 0.366 e. The lowest BCUT2D eigenvalue weighted by atomic mass is 9.94. The molecule has 1 aliphatic rings. The van der Waals surface area contributed by atoms with Crippen LogP contribution in [0, 0.1) is 29.9 Å². The van der Waals surface area contributed by atoms with Gasteiger partial charge in [0, 0.05) is 30.8 Å². The molecule has 0 saturated carbocycles. The average molecular weight is 421 g/mol. The SMILES string of the molecule is Cc1cccc(C)c1NC(=O)C1CCN(c2ccc(C(F)(F)F)cc2[N+](=O)[O-])CC1. The number of nitrogens with zero attached hydrogens (tertiary/aromatic N) is 2. The summed E-state index contributed by atoms with van der Waals surface area (Å²) in [7, 11) is 0. The Labute approximate surface area is 171 Å². The highest BCUT2D eigenvalue weighted by molar-refractivity contribution is 5.94. The van der Waals surface area contributed by atoms with E-state index in [-0.39, 0.29) is 17.5 Å². The van der Waals surface area contributed by atoms with Crippen molar-refractivity contribution in [3.63, 3.8) is 0 Å². The van der Waals surface area contributed by atoms with Crippen LogP contribution in [-0.4, -0.2) is 23.9 Å². The zero-order chi connectivity index (χ0) is 22.1. The number of nitro groups is 1. The molecule has 6 nitrogen and oxygen atoms in total. The minimum atomic E-state index is -4.65. The van der Waals surface area contributed by atoms with Gasteiger partial charge in [-0.05, 0) is 49.9 Å². The second-order valence-electron chi connectivity index (χ2n) is 7.48.